The predicted molar refractivity (Wildman–Crippen MR) is 102 cm³/mol. The minimum Gasteiger partial charge on any atom is -0.361 e. The quantitative estimate of drug-likeness (QED) is 0.502. The zero-order valence-electron chi connectivity index (χ0n) is 14.1. The summed E-state index contributed by atoms with van der Waals surface area (Å²) in [4.78, 5) is 27.2. The Hall–Kier alpha value is -2.64. The van der Waals surface area contributed by atoms with Crippen molar-refractivity contribution in [2.75, 3.05) is 6.54 Å². The van der Waals surface area contributed by atoms with Gasteiger partial charge in [0.15, 0.2) is 0 Å². The van der Waals surface area contributed by atoms with Crippen LogP contribution in [0, 0.1) is 0 Å². The molecule has 26 heavy (non-hydrogen) atoms. The SMILES string of the molecule is NCCc1c[nH]c2ccc(C(Cc3ccsc3)C3NC(=O)NC3=O)cc12. The molecule has 3 aromatic rings. The number of nitrogens with two attached hydrogens (primary N) is 1. The molecule has 4 rings (SSSR count). The number of nitrogens with one attached hydrogen (secondary N) is 3. The molecule has 5 N–H and O–H groups in total. The standard InChI is InChI=1S/C19H20N4O2S/c20-5-3-13-9-21-16-2-1-12(8-14(13)16)15(7-11-4-6-26-10-11)17-18(24)23-19(25)22-17/h1-2,4,6,8-10,15,17,21H,3,5,7,20H2,(H2,22,23,24,25). The zero-order valence-corrected chi connectivity index (χ0v) is 14.9. The lowest BCUT2D eigenvalue weighted by atomic mass is 9.85. The van der Waals surface area contributed by atoms with E-state index in [4.69, 9.17) is 5.73 Å². The van der Waals surface area contributed by atoms with Gasteiger partial charge in [0.05, 0.1) is 0 Å². The number of thiophene rings is 1. The number of fused-ring (bicyclic) bond motifs is 1. The number of amides is 3. The number of hydrogen-bond acceptors (Lipinski definition) is 4. The summed E-state index contributed by atoms with van der Waals surface area (Å²) in [5.41, 5.74) is 10.1. The zero-order chi connectivity index (χ0) is 18.1. The molecule has 1 aliphatic rings. The first-order valence-corrected chi connectivity index (χ1v) is 9.52. The van der Waals surface area contributed by atoms with Crippen molar-refractivity contribution >= 4 is 34.2 Å². The summed E-state index contributed by atoms with van der Waals surface area (Å²) in [5, 5.41) is 10.3. The third kappa shape index (κ3) is 3.11. The molecule has 7 heteroatoms. The van der Waals surface area contributed by atoms with Crippen LogP contribution in [0.15, 0.2) is 41.2 Å². The third-order valence-corrected chi connectivity index (χ3v) is 5.61. The summed E-state index contributed by atoms with van der Waals surface area (Å²) < 4.78 is 0. The topological polar surface area (TPSA) is 100 Å². The molecule has 0 aliphatic carbocycles. The Labute approximate surface area is 154 Å². The third-order valence-electron chi connectivity index (χ3n) is 4.88. The molecular weight excluding hydrogens is 348 g/mol. The van der Waals surface area contributed by atoms with Gasteiger partial charge in [0.1, 0.15) is 6.04 Å². The first-order valence-electron chi connectivity index (χ1n) is 8.58. The molecule has 1 aliphatic heterocycles. The van der Waals surface area contributed by atoms with Crippen LogP contribution in [0.3, 0.4) is 0 Å². The van der Waals surface area contributed by atoms with Crippen LogP contribution >= 0.6 is 11.3 Å². The Morgan fingerprint density at radius 1 is 1.23 bits per heavy atom. The van der Waals surface area contributed by atoms with Gasteiger partial charge >= 0.3 is 6.03 Å². The van der Waals surface area contributed by atoms with Gasteiger partial charge in [0.2, 0.25) is 0 Å². The summed E-state index contributed by atoms with van der Waals surface area (Å²) in [7, 11) is 0. The minimum absolute atomic E-state index is 0.138. The van der Waals surface area contributed by atoms with Crippen molar-refractivity contribution in [1.29, 1.82) is 0 Å². The van der Waals surface area contributed by atoms with Crippen LogP contribution in [0.1, 0.15) is 22.6 Å². The van der Waals surface area contributed by atoms with Gasteiger partial charge in [-0.1, -0.05) is 6.07 Å². The number of urea groups is 1. The van der Waals surface area contributed by atoms with Gasteiger partial charge in [-0.15, -0.1) is 0 Å². The maximum Gasteiger partial charge on any atom is 0.322 e. The molecule has 3 amide bonds. The summed E-state index contributed by atoms with van der Waals surface area (Å²) in [5.74, 6) is -0.410. The highest BCUT2D eigenvalue weighted by Crippen LogP contribution is 2.30. The van der Waals surface area contributed by atoms with Crippen LogP contribution < -0.4 is 16.4 Å². The van der Waals surface area contributed by atoms with Gasteiger partial charge in [-0.25, -0.2) is 4.79 Å². The molecule has 0 saturated carbocycles. The van der Waals surface area contributed by atoms with Gasteiger partial charge in [0.25, 0.3) is 5.91 Å². The first-order chi connectivity index (χ1) is 12.7. The van der Waals surface area contributed by atoms with E-state index in [1.165, 1.54) is 5.56 Å². The van der Waals surface area contributed by atoms with Gasteiger partial charge in [-0.3, -0.25) is 10.1 Å². The molecule has 134 valence electrons. The van der Waals surface area contributed by atoms with E-state index in [1.807, 2.05) is 23.7 Å². The maximum absolute atomic E-state index is 12.3. The lowest BCUT2D eigenvalue weighted by molar-refractivity contribution is -0.120. The highest BCUT2D eigenvalue weighted by molar-refractivity contribution is 7.07. The van der Waals surface area contributed by atoms with E-state index in [2.05, 4.69) is 33.1 Å². The largest absolute Gasteiger partial charge is 0.361 e. The van der Waals surface area contributed by atoms with Crippen molar-refractivity contribution in [2.45, 2.75) is 24.8 Å². The minimum atomic E-state index is -0.572. The number of aromatic amines is 1. The van der Waals surface area contributed by atoms with Crippen molar-refractivity contribution in [3.05, 3.63) is 57.9 Å². The van der Waals surface area contributed by atoms with Crippen molar-refractivity contribution in [3.63, 3.8) is 0 Å². The van der Waals surface area contributed by atoms with Crippen LogP contribution in [-0.4, -0.2) is 29.5 Å². The molecule has 1 aromatic carbocycles. The molecule has 3 heterocycles. The molecule has 1 fully saturated rings. The second-order valence-corrected chi connectivity index (χ2v) is 7.32. The lowest BCUT2D eigenvalue weighted by Crippen LogP contribution is -2.36. The molecule has 2 unspecified atom stereocenters. The summed E-state index contributed by atoms with van der Waals surface area (Å²) in [6.07, 6.45) is 3.46. The van der Waals surface area contributed by atoms with Gasteiger partial charge < -0.3 is 16.0 Å². The fourth-order valence-corrected chi connectivity index (χ4v) is 4.28. The summed E-state index contributed by atoms with van der Waals surface area (Å²) in [6, 6.07) is 7.23. The number of rotatable bonds is 6. The van der Waals surface area contributed by atoms with E-state index in [9.17, 15) is 9.59 Å². The number of H-pyrrole nitrogens is 1. The van der Waals surface area contributed by atoms with Crippen molar-refractivity contribution < 1.29 is 9.59 Å². The molecule has 0 bridgehead atoms. The molecule has 6 nitrogen and oxygen atoms in total. The highest BCUT2D eigenvalue weighted by Gasteiger charge is 2.37. The van der Waals surface area contributed by atoms with Crippen LogP contribution in [0.25, 0.3) is 10.9 Å². The van der Waals surface area contributed by atoms with Crippen LogP contribution in [0.5, 0.6) is 0 Å². The highest BCUT2D eigenvalue weighted by atomic mass is 32.1. The Morgan fingerprint density at radius 3 is 2.81 bits per heavy atom. The van der Waals surface area contributed by atoms with E-state index >= 15 is 0 Å². The molecule has 2 atom stereocenters. The van der Waals surface area contributed by atoms with Crippen molar-refractivity contribution in [1.82, 2.24) is 15.6 Å². The van der Waals surface area contributed by atoms with E-state index in [0.29, 0.717) is 13.0 Å². The molecule has 0 spiro atoms. The van der Waals surface area contributed by atoms with Crippen LogP contribution in [-0.2, 0) is 17.6 Å². The normalized spacial score (nSPS) is 18.1. The monoisotopic (exact) mass is 368 g/mol. The number of carbonyl (C=O) groups is 2. The average molecular weight is 368 g/mol. The second-order valence-electron chi connectivity index (χ2n) is 6.54. The Bertz CT molecular complexity index is 948. The number of carbonyl (C=O) groups excluding carboxylic acids is 2. The van der Waals surface area contributed by atoms with E-state index in [-0.39, 0.29) is 11.8 Å². The summed E-state index contributed by atoms with van der Waals surface area (Å²) in [6.45, 7) is 0.580. The van der Waals surface area contributed by atoms with Crippen molar-refractivity contribution in [3.8, 4) is 0 Å². The number of benzene rings is 1. The van der Waals surface area contributed by atoms with E-state index in [0.717, 1.165) is 28.5 Å². The average Bonchev–Trinajstić information content (AvgIpc) is 3.34. The van der Waals surface area contributed by atoms with Crippen molar-refractivity contribution in [2.24, 2.45) is 5.73 Å². The Kier molecular flexibility index (Phi) is 4.48. The summed E-state index contributed by atoms with van der Waals surface area (Å²) >= 11 is 1.63. The van der Waals surface area contributed by atoms with Gasteiger partial charge in [-0.2, -0.15) is 11.3 Å². The van der Waals surface area contributed by atoms with Gasteiger partial charge in [-0.05, 0) is 65.0 Å². The molecule has 2 aromatic heterocycles. The first kappa shape index (κ1) is 16.8. The van der Waals surface area contributed by atoms with E-state index < -0.39 is 12.1 Å². The van der Waals surface area contributed by atoms with Crippen LogP contribution in [0.4, 0.5) is 4.79 Å². The molecular formula is C19H20N4O2S. The van der Waals surface area contributed by atoms with E-state index in [1.54, 1.807) is 11.3 Å². The number of imide groups is 1. The maximum atomic E-state index is 12.3. The lowest BCUT2D eigenvalue weighted by Gasteiger charge is -2.22. The van der Waals surface area contributed by atoms with Gasteiger partial charge in [0, 0.05) is 23.0 Å². The Balaban J connectivity index is 1.75. The number of hydrogen-bond donors (Lipinski definition) is 4. The Morgan fingerprint density at radius 2 is 2.12 bits per heavy atom. The smallest absolute Gasteiger partial charge is 0.322 e. The van der Waals surface area contributed by atoms with Crippen LogP contribution in [0.2, 0.25) is 0 Å². The number of aromatic nitrogens is 1. The predicted octanol–water partition coefficient (Wildman–Crippen LogP) is 2.26. The fraction of sp³-hybridized carbons (Fsp3) is 0.263. The fourth-order valence-electron chi connectivity index (χ4n) is 3.60. The molecule has 1 saturated heterocycles. The molecule has 0 radical (unpaired) electrons. The second kappa shape index (κ2) is 6.93.